The average molecular weight is 303 g/mol. The first-order valence-electron chi connectivity index (χ1n) is 6.37. The summed E-state index contributed by atoms with van der Waals surface area (Å²) in [4.78, 5) is 44.6. The minimum absolute atomic E-state index is 0.0784. The van der Waals surface area contributed by atoms with E-state index < -0.39 is 17.9 Å². The Morgan fingerprint density at radius 3 is 2.15 bits per heavy atom. The number of amides is 1. The van der Waals surface area contributed by atoms with Crippen LogP contribution in [0.4, 0.5) is 0 Å². The van der Waals surface area contributed by atoms with Crippen molar-refractivity contribution in [2.75, 3.05) is 11.5 Å². The number of carboxylic acids is 1. The quantitative estimate of drug-likeness (QED) is 0.621. The molecule has 7 heteroatoms. The fraction of sp³-hybridized carbons (Fsp3) is 0.692. The summed E-state index contributed by atoms with van der Waals surface area (Å²) in [6.45, 7) is 4.41. The Balaban J connectivity index is 4.39. The SMILES string of the molecule is CCC(=O)C(CSCC(CC(=O)O)C(C)=O)NC(C)=O. The van der Waals surface area contributed by atoms with E-state index in [0.29, 0.717) is 17.9 Å². The first-order chi connectivity index (χ1) is 9.27. The van der Waals surface area contributed by atoms with Crippen LogP contribution in [0.25, 0.3) is 0 Å². The van der Waals surface area contributed by atoms with Crippen LogP contribution >= 0.6 is 11.8 Å². The predicted molar refractivity (Wildman–Crippen MR) is 76.7 cm³/mol. The van der Waals surface area contributed by atoms with E-state index in [2.05, 4.69) is 5.32 Å². The summed E-state index contributed by atoms with van der Waals surface area (Å²) in [7, 11) is 0. The van der Waals surface area contributed by atoms with E-state index in [4.69, 9.17) is 5.11 Å². The van der Waals surface area contributed by atoms with Crippen LogP contribution in [0.1, 0.15) is 33.6 Å². The van der Waals surface area contributed by atoms with Gasteiger partial charge in [-0.1, -0.05) is 6.92 Å². The lowest BCUT2D eigenvalue weighted by molar-refractivity contribution is -0.140. The fourth-order valence-corrected chi connectivity index (χ4v) is 2.84. The van der Waals surface area contributed by atoms with Gasteiger partial charge in [0.2, 0.25) is 5.91 Å². The van der Waals surface area contributed by atoms with Gasteiger partial charge in [0.15, 0.2) is 5.78 Å². The Labute approximate surface area is 122 Å². The Morgan fingerprint density at radius 1 is 1.15 bits per heavy atom. The van der Waals surface area contributed by atoms with Gasteiger partial charge in [0.1, 0.15) is 5.78 Å². The number of carbonyl (C=O) groups is 4. The summed E-state index contributed by atoms with van der Waals surface area (Å²) in [6.07, 6.45) is 0.103. The molecule has 0 saturated heterocycles. The summed E-state index contributed by atoms with van der Waals surface area (Å²) in [5.74, 6) is -1.46. The smallest absolute Gasteiger partial charge is 0.304 e. The number of thioether (sulfide) groups is 1. The van der Waals surface area contributed by atoms with Crippen LogP contribution < -0.4 is 5.32 Å². The lowest BCUT2D eigenvalue weighted by Gasteiger charge is -2.17. The van der Waals surface area contributed by atoms with Gasteiger partial charge in [0, 0.05) is 30.8 Å². The van der Waals surface area contributed by atoms with E-state index >= 15 is 0 Å². The second kappa shape index (κ2) is 9.52. The molecule has 0 fully saturated rings. The Hall–Kier alpha value is -1.37. The zero-order valence-corrected chi connectivity index (χ0v) is 12.8. The van der Waals surface area contributed by atoms with Gasteiger partial charge in [-0.3, -0.25) is 19.2 Å². The lowest BCUT2D eigenvalue weighted by Crippen LogP contribution is -2.41. The van der Waals surface area contributed by atoms with Gasteiger partial charge >= 0.3 is 5.97 Å². The highest BCUT2D eigenvalue weighted by molar-refractivity contribution is 7.99. The largest absolute Gasteiger partial charge is 0.481 e. The summed E-state index contributed by atoms with van der Waals surface area (Å²) in [6, 6.07) is -0.583. The maximum atomic E-state index is 11.6. The van der Waals surface area contributed by atoms with Crippen LogP contribution in [0.5, 0.6) is 0 Å². The van der Waals surface area contributed by atoms with Gasteiger partial charge < -0.3 is 10.4 Å². The van der Waals surface area contributed by atoms with Crippen molar-refractivity contribution in [2.45, 2.75) is 39.7 Å². The zero-order chi connectivity index (χ0) is 15.7. The summed E-state index contributed by atoms with van der Waals surface area (Å²) >= 11 is 1.31. The van der Waals surface area contributed by atoms with Gasteiger partial charge in [-0.05, 0) is 6.92 Å². The summed E-state index contributed by atoms with van der Waals surface area (Å²) in [5.41, 5.74) is 0. The molecule has 6 nitrogen and oxygen atoms in total. The number of ketones is 2. The Kier molecular flexibility index (Phi) is 8.87. The Bertz CT molecular complexity index is 383. The highest BCUT2D eigenvalue weighted by Crippen LogP contribution is 2.15. The van der Waals surface area contributed by atoms with Crippen LogP contribution in [0.2, 0.25) is 0 Å². The molecule has 0 heterocycles. The van der Waals surface area contributed by atoms with Gasteiger partial charge in [0.05, 0.1) is 12.5 Å². The molecule has 114 valence electrons. The number of rotatable bonds is 10. The summed E-state index contributed by atoms with van der Waals surface area (Å²) in [5, 5.41) is 11.3. The first kappa shape index (κ1) is 18.6. The number of aliphatic carboxylic acids is 1. The van der Waals surface area contributed by atoms with E-state index in [1.54, 1.807) is 6.92 Å². The van der Waals surface area contributed by atoms with E-state index in [1.165, 1.54) is 25.6 Å². The monoisotopic (exact) mass is 303 g/mol. The average Bonchev–Trinajstić information content (AvgIpc) is 2.34. The standard InChI is InChI=1S/C13H21NO5S/c1-4-12(17)11(14-9(3)16)7-20-6-10(8(2)15)5-13(18)19/h10-11H,4-7H2,1-3H3,(H,14,16)(H,18,19). The van der Waals surface area contributed by atoms with Crippen LogP contribution in [0.15, 0.2) is 0 Å². The van der Waals surface area contributed by atoms with Crippen LogP contribution in [-0.4, -0.2) is 46.1 Å². The molecule has 0 aliphatic heterocycles. The molecule has 0 aromatic carbocycles. The molecule has 0 spiro atoms. The molecule has 2 N–H and O–H groups in total. The van der Waals surface area contributed by atoms with E-state index in [-0.39, 0.29) is 23.9 Å². The third-order valence-corrected chi connectivity index (χ3v) is 3.92. The second-order valence-corrected chi connectivity index (χ2v) is 5.59. The van der Waals surface area contributed by atoms with Crippen molar-refractivity contribution in [3.05, 3.63) is 0 Å². The highest BCUT2D eigenvalue weighted by atomic mass is 32.2. The highest BCUT2D eigenvalue weighted by Gasteiger charge is 2.21. The number of carbonyl (C=O) groups excluding carboxylic acids is 3. The van der Waals surface area contributed by atoms with Crippen molar-refractivity contribution in [1.29, 1.82) is 0 Å². The molecular formula is C13H21NO5S. The van der Waals surface area contributed by atoms with Crippen molar-refractivity contribution in [1.82, 2.24) is 5.32 Å². The topological polar surface area (TPSA) is 101 Å². The second-order valence-electron chi connectivity index (χ2n) is 4.52. The van der Waals surface area contributed by atoms with Crippen molar-refractivity contribution >= 4 is 35.2 Å². The predicted octanol–water partition coefficient (Wildman–Crippen LogP) is 0.883. The zero-order valence-electron chi connectivity index (χ0n) is 12.0. The lowest BCUT2D eigenvalue weighted by atomic mass is 10.0. The number of carboxylic acid groups (broad SMARTS) is 1. The molecule has 0 aromatic heterocycles. The third-order valence-electron chi connectivity index (χ3n) is 2.71. The van der Waals surface area contributed by atoms with Crippen LogP contribution in [0.3, 0.4) is 0 Å². The molecule has 0 radical (unpaired) electrons. The molecule has 1 amide bonds. The molecule has 0 bridgehead atoms. The fourth-order valence-electron chi connectivity index (χ4n) is 1.57. The number of nitrogens with one attached hydrogen (secondary N) is 1. The normalized spacial score (nSPS) is 13.3. The van der Waals surface area contributed by atoms with E-state index in [1.807, 2.05) is 0 Å². The molecule has 0 rings (SSSR count). The molecule has 2 atom stereocenters. The molecule has 0 aliphatic carbocycles. The van der Waals surface area contributed by atoms with Crippen LogP contribution in [-0.2, 0) is 19.2 Å². The van der Waals surface area contributed by atoms with Gasteiger partial charge in [-0.25, -0.2) is 0 Å². The van der Waals surface area contributed by atoms with Crippen molar-refractivity contribution in [3.8, 4) is 0 Å². The first-order valence-corrected chi connectivity index (χ1v) is 7.53. The van der Waals surface area contributed by atoms with Crippen molar-refractivity contribution in [3.63, 3.8) is 0 Å². The van der Waals surface area contributed by atoms with Crippen molar-refractivity contribution < 1.29 is 24.3 Å². The molecule has 0 saturated carbocycles. The van der Waals surface area contributed by atoms with Gasteiger partial charge in [0.25, 0.3) is 0 Å². The van der Waals surface area contributed by atoms with E-state index in [0.717, 1.165) is 0 Å². The molecular weight excluding hydrogens is 282 g/mol. The Morgan fingerprint density at radius 2 is 1.75 bits per heavy atom. The van der Waals surface area contributed by atoms with Gasteiger partial charge in [-0.15, -0.1) is 0 Å². The molecule has 20 heavy (non-hydrogen) atoms. The van der Waals surface area contributed by atoms with Crippen molar-refractivity contribution in [2.24, 2.45) is 5.92 Å². The minimum atomic E-state index is -1.02. The molecule has 0 aliphatic rings. The number of hydrogen-bond donors (Lipinski definition) is 2. The third kappa shape index (κ3) is 7.93. The summed E-state index contributed by atoms with van der Waals surface area (Å²) < 4.78 is 0. The maximum Gasteiger partial charge on any atom is 0.304 e. The minimum Gasteiger partial charge on any atom is -0.481 e. The number of hydrogen-bond acceptors (Lipinski definition) is 5. The number of Topliss-reactive ketones (excluding diaryl/α,β-unsaturated/α-hetero) is 2. The maximum absolute atomic E-state index is 11.6. The molecule has 2 unspecified atom stereocenters. The van der Waals surface area contributed by atoms with E-state index in [9.17, 15) is 19.2 Å². The van der Waals surface area contributed by atoms with Crippen LogP contribution in [0, 0.1) is 5.92 Å². The van der Waals surface area contributed by atoms with Gasteiger partial charge in [-0.2, -0.15) is 11.8 Å². The molecule has 0 aromatic rings.